The molecular formula is C16H11ClN2O4. The molecule has 0 saturated carbocycles. The standard InChI is InChI=1S/C16H11ClN2O4/c17-12-4-1-3-11(9-12)6-7-15(20)22-10-14-18-19-16(23-14)13-5-2-8-21-13/h1-9H,10H2/b7-6+. The van der Waals surface area contributed by atoms with E-state index in [9.17, 15) is 4.79 Å². The number of esters is 1. The molecule has 0 amide bonds. The number of carbonyl (C=O) groups is 1. The highest BCUT2D eigenvalue weighted by molar-refractivity contribution is 6.30. The molecule has 0 N–H and O–H groups in total. The third-order valence-electron chi connectivity index (χ3n) is 2.80. The highest BCUT2D eigenvalue weighted by Gasteiger charge is 2.11. The summed E-state index contributed by atoms with van der Waals surface area (Å²) in [5, 5.41) is 8.18. The van der Waals surface area contributed by atoms with E-state index < -0.39 is 5.97 Å². The van der Waals surface area contributed by atoms with Crippen LogP contribution in [-0.2, 0) is 16.1 Å². The summed E-state index contributed by atoms with van der Waals surface area (Å²) in [7, 11) is 0. The summed E-state index contributed by atoms with van der Waals surface area (Å²) in [6, 6.07) is 10.5. The maximum absolute atomic E-state index is 11.7. The number of ether oxygens (including phenoxy) is 1. The Morgan fingerprint density at radius 1 is 1.26 bits per heavy atom. The summed E-state index contributed by atoms with van der Waals surface area (Å²) in [6.07, 6.45) is 4.41. The Bertz CT molecular complexity index is 824. The van der Waals surface area contributed by atoms with E-state index in [0.717, 1.165) is 5.56 Å². The Morgan fingerprint density at radius 2 is 2.17 bits per heavy atom. The van der Waals surface area contributed by atoms with E-state index in [-0.39, 0.29) is 18.4 Å². The molecular weight excluding hydrogens is 320 g/mol. The average Bonchev–Trinajstić information content (AvgIpc) is 3.22. The smallest absolute Gasteiger partial charge is 0.331 e. The van der Waals surface area contributed by atoms with Gasteiger partial charge in [-0.1, -0.05) is 23.7 Å². The van der Waals surface area contributed by atoms with Crippen LogP contribution in [0.2, 0.25) is 5.02 Å². The third-order valence-corrected chi connectivity index (χ3v) is 3.03. The molecule has 0 aliphatic heterocycles. The van der Waals surface area contributed by atoms with Gasteiger partial charge in [0.15, 0.2) is 12.4 Å². The van der Waals surface area contributed by atoms with Crippen LogP contribution in [0.3, 0.4) is 0 Å². The minimum atomic E-state index is -0.525. The maximum Gasteiger partial charge on any atom is 0.331 e. The molecule has 3 aromatic rings. The van der Waals surface area contributed by atoms with Crippen molar-refractivity contribution in [3.8, 4) is 11.7 Å². The lowest BCUT2D eigenvalue weighted by molar-refractivity contribution is -0.139. The molecule has 0 unspecified atom stereocenters. The molecule has 3 rings (SSSR count). The molecule has 0 aliphatic carbocycles. The molecule has 116 valence electrons. The molecule has 0 radical (unpaired) electrons. The molecule has 0 spiro atoms. The number of furan rings is 1. The molecule has 23 heavy (non-hydrogen) atoms. The lowest BCUT2D eigenvalue weighted by Gasteiger charge is -1.97. The zero-order valence-electron chi connectivity index (χ0n) is 11.8. The fourth-order valence-electron chi connectivity index (χ4n) is 1.77. The first kappa shape index (κ1) is 15.1. The van der Waals surface area contributed by atoms with Gasteiger partial charge < -0.3 is 13.6 Å². The Kier molecular flexibility index (Phi) is 4.54. The van der Waals surface area contributed by atoms with Crippen LogP contribution in [0.15, 0.2) is 57.6 Å². The third kappa shape index (κ3) is 4.08. The number of nitrogens with zero attached hydrogens (tertiary/aromatic N) is 2. The van der Waals surface area contributed by atoms with Crippen molar-refractivity contribution >= 4 is 23.6 Å². The van der Waals surface area contributed by atoms with Gasteiger partial charge in [0.05, 0.1) is 6.26 Å². The minimum absolute atomic E-state index is 0.119. The topological polar surface area (TPSA) is 78.4 Å². The Labute approximate surface area is 136 Å². The van der Waals surface area contributed by atoms with Gasteiger partial charge in [0.1, 0.15) is 0 Å². The molecule has 0 atom stereocenters. The summed E-state index contributed by atoms with van der Waals surface area (Å²) in [4.78, 5) is 11.7. The van der Waals surface area contributed by atoms with Crippen LogP contribution in [-0.4, -0.2) is 16.2 Å². The second-order valence-corrected chi connectivity index (χ2v) is 4.91. The molecule has 0 fully saturated rings. The summed E-state index contributed by atoms with van der Waals surface area (Å²) in [6.45, 7) is -0.119. The highest BCUT2D eigenvalue weighted by atomic mass is 35.5. The van der Waals surface area contributed by atoms with E-state index in [1.54, 1.807) is 36.4 Å². The van der Waals surface area contributed by atoms with Gasteiger partial charge in [-0.3, -0.25) is 0 Å². The summed E-state index contributed by atoms with van der Waals surface area (Å²) in [5.41, 5.74) is 0.798. The van der Waals surface area contributed by atoms with Gasteiger partial charge in [0, 0.05) is 11.1 Å². The van der Waals surface area contributed by atoms with Crippen LogP contribution < -0.4 is 0 Å². The number of halogens is 1. The van der Waals surface area contributed by atoms with Crippen molar-refractivity contribution in [3.63, 3.8) is 0 Å². The first-order valence-corrected chi connectivity index (χ1v) is 7.05. The Balaban J connectivity index is 1.55. The van der Waals surface area contributed by atoms with Crippen molar-refractivity contribution in [2.75, 3.05) is 0 Å². The maximum atomic E-state index is 11.7. The van der Waals surface area contributed by atoms with Gasteiger partial charge in [-0.15, -0.1) is 10.2 Å². The number of hydrogen-bond acceptors (Lipinski definition) is 6. The van der Waals surface area contributed by atoms with Crippen LogP contribution in [0, 0.1) is 0 Å². The summed E-state index contributed by atoms with van der Waals surface area (Å²) < 4.78 is 15.5. The summed E-state index contributed by atoms with van der Waals surface area (Å²) in [5.74, 6) is 0.343. The largest absolute Gasteiger partial charge is 0.459 e. The van der Waals surface area contributed by atoms with Crippen LogP contribution in [0.4, 0.5) is 0 Å². The van der Waals surface area contributed by atoms with Gasteiger partial charge in [0.2, 0.25) is 0 Å². The first-order chi connectivity index (χ1) is 11.2. The van der Waals surface area contributed by atoms with E-state index in [1.807, 2.05) is 6.07 Å². The van der Waals surface area contributed by atoms with Gasteiger partial charge in [0.25, 0.3) is 11.8 Å². The van der Waals surface area contributed by atoms with E-state index >= 15 is 0 Å². The molecule has 6 nitrogen and oxygen atoms in total. The van der Waals surface area contributed by atoms with E-state index in [0.29, 0.717) is 10.8 Å². The van der Waals surface area contributed by atoms with Gasteiger partial charge in [-0.2, -0.15) is 0 Å². The van der Waals surface area contributed by atoms with Crippen LogP contribution >= 0.6 is 11.6 Å². The molecule has 0 bridgehead atoms. The van der Waals surface area contributed by atoms with Gasteiger partial charge >= 0.3 is 5.97 Å². The predicted molar refractivity (Wildman–Crippen MR) is 82.3 cm³/mol. The molecule has 1 aromatic carbocycles. The van der Waals surface area contributed by atoms with Crippen molar-refractivity contribution in [3.05, 3.63) is 65.2 Å². The van der Waals surface area contributed by atoms with Crippen molar-refractivity contribution in [1.82, 2.24) is 10.2 Å². The van der Waals surface area contributed by atoms with Crippen LogP contribution in [0.1, 0.15) is 11.5 Å². The second-order valence-electron chi connectivity index (χ2n) is 4.47. The van der Waals surface area contributed by atoms with Crippen LogP contribution in [0.25, 0.3) is 17.7 Å². The number of carbonyl (C=O) groups excluding carboxylic acids is 1. The average molecular weight is 331 g/mol. The van der Waals surface area contributed by atoms with Crippen molar-refractivity contribution < 1.29 is 18.4 Å². The van der Waals surface area contributed by atoms with Gasteiger partial charge in [-0.25, -0.2) is 4.79 Å². The number of aromatic nitrogens is 2. The van der Waals surface area contributed by atoms with Crippen molar-refractivity contribution in [2.45, 2.75) is 6.61 Å². The highest BCUT2D eigenvalue weighted by Crippen LogP contribution is 2.18. The Hall–Kier alpha value is -2.86. The van der Waals surface area contributed by atoms with E-state index in [4.69, 9.17) is 25.2 Å². The Morgan fingerprint density at radius 3 is 2.96 bits per heavy atom. The van der Waals surface area contributed by atoms with Crippen molar-refractivity contribution in [1.29, 1.82) is 0 Å². The molecule has 7 heteroatoms. The normalized spacial score (nSPS) is 11.0. The SMILES string of the molecule is O=C(/C=C/c1cccc(Cl)c1)OCc1nnc(-c2ccco2)o1. The molecule has 2 heterocycles. The second kappa shape index (κ2) is 6.93. The van der Waals surface area contributed by atoms with E-state index in [1.165, 1.54) is 12.3 Å². The molecule has 0 aliphatic rings. The number of hydrogen-bond donors (Lipinski definition) is 0. The fourth-order valence-corrected chi connectivity index (χ4v) is 1.97. The zero-order valence-corrected chi connectivity index (χ0v) is 12.6. The zero-order chi connectivity index (χ0) is 16.1. The molecule has 2 aromatic heterocycles. The summed E-state index contributed by atoms with van der Waals surface area (Å²) >= 11 is 5.86. The predicted octanol–water partition coefficient (Wildman–Crippen LogP) is 3.74. The van der Waals surface area contributed by atoms with Crippen molar-refractivity contribution in [2.24, 2.45) is 0 Å². The lowest BCUT2D eigenvalue weighted by Crippen LogP contribution is -2.00. The number of rotatable bonds is 5. The minimum Gasteiger partial charge on any atom is -0.459 e. The monoisotopic (exact) mass is 330 g/mol. The van der Waals surface area contributed by atoms with Gasteiger partial charge in [-0.05, 0) is 35.9 Å². The lowest BCUT2D eigenvalue weighted by atomic mass is 10.2. The number of benzene rings is 1. The fraction of sp³-hybridized carbons (Fsp3) is 0.0625. The first-order valence-electron chi connectivity index (χ1n) is 6.67. The van der Waals surface area contributed by atoms with Crippen LogP contribution in [0.5, 0.6) is 0 Å². The molecule has 0 saturated heterocycles. The quantitative estimate of drug-likeness (QED) is 0.524. The van der Waals surface area contributed by atoms with E-state index in [2.05, 4.69) is 10.2 Å².